The lowest BCUT2D eigenvalue weighted by Crippen LogP contribution is -2.71. The van der Waals surface area contributed by atoms with Crippen LogP contribution >= 0.6 is 0 Å². The number of rotatable bonds is 5. The molecular formula is C43H32BNO2Si. The zero-order valence-corrected chi connectivity index (χ0v) is 27.6. The van der Waals surface area contributed by atoms with Crippen molar-refractivity contribution in [3.8, 4) is 23.0 Å². The third-order valence-electron chi connectivity index (χ3n) is 10.1. The molecule has 9 rings (SSSR count). The van der Waals surface area contributed by atoms with Gasteiger partial charge in [0.1, 0.15) is 23.0 Å². The average molecular weight is 634 g/mol. The predicted molar refractivity (Wildman–Crippen MR) is 202 cm³/mol. The predicted octanol–water partition coefficient (Wildman–Crippen LogP) is 6.59. The fourth-order valence-electron chi connectivity index (χ4n) is 8.11. The summed E-state index contributed by atoms with van der Waals surface area (Å²) in [5.41, 5.74) is 6.66. The first-order chi connectivity index (χ1) is 23.7. The minimum absolute atomic E-state index is 0.0289. The second-order valence-electron chi connectivity index (χ2n) is 12.5. The van der Waals surface area contributed by atoms with E-state index in [0.717, 1.165) is 56.5 Å². The summed E-state index contributed by atoms with van der Waals surface area (Å²) in [5.74, 6) is 3.41. The number of fused-ring (bicyclic) bond motifs is 5. The van der Waals surface area contributed by atoms with Crippen molar-refractivity contribution in [2.24, 2.45) is 0 Å². The summed E-state index contributed by atoms with van der Waals surface area (Å²) < 4.78 is 13.5. The maximum Gasteiger partial charge on any atom is 0.260 e. The van der Waals surface area contributed by atoms with Crippen molar-refractivity contribution >= 4 is 58.1 Å². The smallest absolute Gasteiger partial charge is 0.260 e. The normalized spacial score (nSPS) is 15.1. The van der Waals surface area contributed by atoms with Gasteiger partial charge in [-0.3, -0.25) is 0 Å². The Hall–Kier alpha value is -5.78. The van der Waals surface area contributed by atoms with Gasteiger partial charge in [0.25, 0.3) is 6.71 Å². The second kappa shape index (κ2) is 11.2. The van der Waals surface area contributed by atoms with E-state index >= 15 is 0 Å². The Kier molecular flexibility index (Phi) is 6.63. The van der Waals surface area contributed by atoms with Gasteiger partial charge in [-0.25, -0.2) is 0 Å². The van der Waals surface area contributed by atoms with Gasteiger partial charge in [0.05, 0.1) is 5.69 Å². The molecule has 0 saturated carbocycles. The van der Waals surface area contributed by atoms with Crippen LogP contribution in [0.3, 0.4) is 0 Å². The standard InChI is InChI=1S/C43H32BNO2Si/c1-3-4-23-36-30(2)48(32-17-7-5-8-18-32,33-19-9-6-10-20-33)42-27-16-13-24-37(42)45(36)31-28-40-43-41(29-31)47-39-26-15-12-22-35(39)44(43)34-21-11-14-25-38(34)46-40/h3-29H,1H2,2H3/b23-4-. The number of anilines is 2. The van der Waals surface area contributed by atoms with Crippen molar-refractivity contribution in [1.29, 1.82) is 0 Å². The van der Waals surface area contributed by atoms with Crippen LogP contribution in [0, 0.1) is 0 Å². The number of allylic oxidation sites excluding steroid dienone is 4. The maximum atomic E-state index is 6.73. The van der Waals surface area contributed by atoms with Gasteiger partial charge >= 0.3 is 0 Å². The SMILES string of the molecule is C=C/C=C\C1=C(C)[Si](c2ccccc2)(c2ccccc2)c2ccccc2N1c1cc2c3c(c1)Oc1ccccc1B3c1ccccc1O2. The molecule has 0 radical (unpaired) electrons. The molecule has 0 aliphatic carbocycles. The Labute approximate surface area is 282 Å². The molecule has 3 aliphatic heterocycles. The Morgan fingerprint density at radius 1 is 0.625 bits per heavy atom. The molecule has 0 saturated heterocycles. The number of benzene rings is 6. The van der Waals surface area contributed by atoms with E-state index in [1.807, 2.05) is 24.3 Å². The quantitative estimate of drug-likeness (QED) is 0.158. The lowest BCUT2D eigenvalue weighted by molar-refractivity contribution is 0.464. The molecule has 0 aromatic heterocycles. The molecule has 0 amide bonds. The largest absolute Gasteiger partial charge is 0.458 e. The van der Waals surface area contributed by atoms with Gasteiger partial charge in [0.15, 0.2) is 8.07 Å². The summed E-state index contributed by atoms with van der Waals surface area (Å²) in [7, 11) is -2.70. The van der Waals surface area contributed by atoms with E-state index in [0.29, 0.717) is 0 Å². The molecule has 0 N–H and O–H groups in total. The maximum absolute atomic E-state index is 6.73. The van der Waals surface area contributed by atoms with E-state index in [4.69, 9.17) is 9.47 Å². The van der Waals surface area contributed by atoms with Gasteiger partial charge in [-0.1, -0.05) is 134 Å². The van der Waals surface area contributed by atoms with Crippen LogP contribution in [-0.4, -0.2) is 14.8 Å². The van der Waals surface area contributed by atoms with Crippen molar-refractivity contribution in [1.82, 2.24) is 0 Å². The summed E-state index contributed by atoms with van der Waals surface area (Å²) >= 11 is 0. The van der Waals surface area contributed by atoms with Crippen LogP contribution in [0.1, 0.15) is 6.92 Å². The molecule has 0 fully saturated rings. The van der Waals surface area contributed by atoms with Crippen LogP contribution in [-0.2, 0) is 0 Å². The Balaban J connectivity index is 1.33. The highest BCUT2D eigenvalue weighted by molar-refractivity contribution is 7.17. The molecule has 0 unspecified atom stereocenters. The molecule has 3 heterocycles. The third kappa shape index (κ3) is 4.08. The molecule has 3 aliphatic rings. The summed E-state index contributed by atoms with van der Waals surface area (Å²) in [4.78, 5) is 2.39. The van der Waals surface area contributed by atoms with Crippen LogP contribution in [0.5, 0.6) is 23.0 Å². The van der Waals surface area contributed by atoms with E-state index in [2.05, 4.69) is 158 Å². The molecule has 0 atom stereocenters. The minimum Gasteiger partial charge on any atom is -0.458 e. The molecule has 3 nitrogen and oxygen atoms in total. The van der Waals surface area contributed by atoms with Crippen molar-refractivity contribution in [3.63, 3.8) is 0 Å². The lowest BCUT2D eigenvalue weighted by atomic mass is 9.35. The molecule has 0 spiro atoms. The molecule has 0 bridgehead atoms. The molecule has 48 heavy (non-hydrogen) atoms. The highest BCUT2D eigenvalue weighted by Gasteiger charge is 2.48. The Morgan fingerprint density at radius 2 is 1.15 bits per heavy atom. The van der Waals surface area contributed by atoms with Crippen LogP contribution in [0.25, 0.3) is 0 Å². The Bertz CT molecular complexity index is 2190. The highest BCUT2D eigenvalue weighted by atomic mass is 28.3. The summed E-state index contributed by atoms with van der Waals surface area (Å²) in [6, 6.07) is 52.2. The fraction of sp³-hybridized carbons (Fsp3) is 0.0233. The average Bonchev–Trinajstić information content (AvgIpc) is 3.14. The van der Waals surface area contributed by atoms with Crippen molar-refractivity contribution in [2.75, 3.05) is 4.90 Å². The van der Waals surface area contributed by atoms with Crippen molar-refractivity contribution < 1.29 is 9.47 Å². The van der Waals surface area contributed by atoms with Crippen LogP contribution in [0.2, 0.25) is 0 Å². The highest BCUT2D eigenvalue weighted by Crippen LogP contribution is 2.44. The van der Waals surface area contributed by atoms with Gasteiger partial charge in [0, 0.05) is 29.0 Å². The van der Waals surface area contributed by atoms with Crippen molar-refractivity contribution in [2.45, 2.75) is 6.92 Å². The van der Waals surface area contributed by atoms with E-state index in [-0.39, 0.29) is 6.71 Å². The van der Waals surface area contributed by atoms with E-state index in [1.165, 1.54) is 20.8 Å². The zero-order chi connectivity index (χ0) is 32.2. The third-order valence-corrected chi connectivity index (χ3v) is 15.1. The van der Waals surface area contributed by atoms with Gasteiger partial charge in [-0.05, 0) is 62.9 Å². The molecule has 6 aromatic carbocycles. The molecule has 5 heteroatoms. The zero-order valence-electron chi connectivity index (χ0n) is 26.6. The van der Waals surface area contributed by atoms with Gasteiger partial charge in [0.2, 0.25) is 0 Å². The fourth-order valence-corrected chi connectivity index (χ4v) is 13.2. The van der Waals surface area contributed by atoms with Crippen LogP contribution in [0.15, 0.2) is 181 Å². The minimum atomic E-state index is -2.70. The van der Waals surface area contributed by atoms with Gasteiger partial charge in [-0.15, -0.1) is 0 Å². The first kappa shape index (κ1) is 28.4. The van der Waals surface area contributed by atoms with Crippen LogP contribution in [0.4, 0.5) is 11.4 Å². The van der Waals surface area contributed by atoms with Gasteiger partial charge in [-0.2, -0.15) is 0 Å². The number of hydrogen-bond acceptors (Lipinski definition) is 3. The Morgan fingerprint density at radius 3 is 1.73 bits per heavy atom. The number of para-hydroxylation sites is 3. The van der Waals surface area contributed by atoms with E-state index in [9.17, 15) is 0 Å². The summed E-state index contributed by atoms with van der Waals surface area (Å²) in [6.07, 6.45) is 6.12. The van der Waals surface area contributed by atoms with E-state index < -0.39 is 8.07 Å². The molecular weight excluding hydrogens is 601 g/mol. The topological polar surface area (TPSA) is 21.7 Å². The summed E-state index contributed by atoms with van der Waals surface area (Å²) in [5, 5.41) is 5.40. The second-order valence-corrected chi connectivity index (χ2v) is 16.5. The summed E-state index contributed by atoms with van der Waals surface area (Å²) in [6.45, 7) is 6.41. The van der Waals surface area contributed by atoms with Gasteiger partial charge < -0.3 is 14.4 Å². The lowest BCUT2D eigenvalue weighted by Gasteiger charge is -2.45. The first-order valence-corrected chi connectivity index (χ1v) is 18.4. The van der Waals surface area contributed by atoms with Crippen molar-refractivity contribution in [3.05, 3.63) is 181 Å². The van der Waals surface area contributed by atoms with E-state index in [1.54, 1.807) is 0 Å². The number of ether oxygens (including phenoxy) is 2. The van der Waals surface area contributed by atoms with Crippen LogP contribution < -0.4 is 46.3 Å². The molecule has 6 aromatic rings. The molecule has 228 valence electrons. The monoisotopic (exact) mass is 633 g/mol. The number of nitrogens with zero attached hydrogens (tertiary/aromatic N) is 1. The first-order valence-electron chi connectivity index (χ1n) is 16.4. The number of hydrogen-bond donors (Lipinski definition) is 0.